The van der Waals surface area contributed by atoms with E-state index in [0.29, 0.717) is 0 Å². The van der Waals surface area contributed by atoms with E-state index >= 15 is 0 Å². The minimum atomic E-state index is -0.107. The van der Waals surface area contributed by atoms with Crippen molar-refractivity contribution in [2.75, 3.05) is 5.32 Å². The van der Waals surface area contributed by atoms with Crippen molar-refractivity contribution < 1.29 is 0 Å². The molecule has 1 atom stereocenters. The first-order chi connectivity index (χ1) is 5.36. The normalized spacial score (nSPS) is 22.1. The highest BCUT2D eigenvalue weighted by molar-refractivity contribution is 5.52. The molecule has 1 unspecified atom stereocenters. The number of nitrogens with two attached hydrogens (primary N) is 1. The van der Waals surface area contributed by atoms with Gasteiger partial charge < -0.3 is 5.32 Å². The molecule has 11 heavy (non-hydrogen) atoms. The van der Waals surface area contributed by atoms with Crippen LogP contribution < -0.4 is 16.4 Å². The van der Waals surface area contributed by atoms with Crippen LogP contribution in [-0.2, 0) is 6.54 Å². The smallest absolute Gasteiger partial charge is 0.130 e. The molecule has 0 saturated carbocycles. The summed E-state index contributed by atoms with van der Waals surface area (Å²) in [5.74, 6) is 0. The van der Waals surface area contributed by atoms with Crippen LogP contribution in [0.1, 0.15) is 5.56 Å². The Morgan fingerprint density at radius 2 is 2.18 bits per heavy atom. The first kappa shape index (κ1) is 6.64. The Balaban J connectivity index is 2.34. The number of rotatable bonds is 0. The molecule has 1 aromatic carbocycles. The third-order valence-corrected chi connectivity index (χ3v) is 1.84. The molecule has 1 aromatic rings. The second-order valence-electron chi connectivity index (χ2n) is 2.66. The Morgan fingerprint density at radius 1 is 1.36 bits per heavy atom. The van der Waals surface area contributed by atoms with E-state index in [2.05, 4.69) is 16.7 Å². The molecule has 0 amide bonds. The van der Waals surface area contributed by atoms with Crippen LogP contribution in [0.25, 0.3) is 0 Å². The second kappa shape index (κ2) is 2.53. The van der Waals surface area contributed by atoms with Gasteiger partial charge in [-0.05, 0) is 11.6 Å². The molecular formula is C8H11N3. The van der Waals surface area contributed by atoms with Gasteiger partial charge >= 0.3 is 0 Å². The molecule has 0 saturated heterocycles. The predicted molar refractivity (Wildman–Crippen MR) is 44.9 cm³/mol. The van der Waals surface area contributed by atoms with Crippen molar-refractivity contribution in [1.29, 1.82) is 0 Å². The summed E-state index contributed by atoms with van der Waals surface area (Å²) in [7, 11) is 0. The number of anilines is 1. The summed E-state index contributed by atoms with van der Waals surface area (Å²) in [5.41, 5.74) is 8.04. The van der Waals surface area contributed by atoms with Crippen molar-refractivity contribution in [3.05, 3.63) is 29.8 Å². The molecule has 4 N–H and O–H groups in total. The summed E-state index contributed by atoms with van der Waals surface area (Å²) in [6.45, 7) is 0.852. The van der Waals surface area contributed by atoms with Gasteiger partial charge in [0.15, 0.2) is 0 Å². The zero-order chi connectivity index (χ0) is 7.68. The van der Waals surface area contributed by atoms with E-state index in [1.807, 2.05) is 18.2 Å². The van der Waals surface area contributed by atoms with Gasteiger partial charge in [0.25, 0.3) is 0 Å². The van der Waals surface area contributed by atoms with E-state index in [0.717, 1.165) is 12.2 Å². The molecule has 58 valence electrons. The van der Waals surface area contributed by atoms with Crippen LogP contribution in [-0.4, -0.2) is 6.29 Å². The van der Waals surface area contributed by atoms with Crippen LogP contribution in [0, 0.1) is 0 Å². The standard InChI is InChI=1S/C8H11N3/c9-8-10-5-6-3-1-2-4-7(6)11-8/h1-4,8,10-11H,5,9H2. The van der Waals surface area contributed by atoms with Crippen LogP contribution in [0.5, 0.6) is 0 Å². The average Bonchev–Trinajstić information content (AvgIpc) is 2.04. The van der Waals surface area contributed by atoms with Crippen LogP contribution >= 0.6 is 0 Å². The van der Waals surface area contributed by atoms with E-state index in [1.165, 1.54) is 5.56 Å². The summed E-state index contributed by atoms with van der Waals surface area (Å²) in [4.78, 5) is 0. The van der Waals surface area contributed by atoms with Gasteiger partial charge in [0.05, 0.1) is 0 Å². The Hall–Kier alpha value is -1.06. The Morgan fingerprint density at radius 3 is 3.09 bits per heavy atom. The van der Waals surface area contributed by atoms with Gasteiger partial charge in [0, 0.05) is 12.2 Å². The lowest BCUT2D eigenvalue weighted by Gasteiger charge is -2.24. The van der Waals surface area contributed by atoms with Crippen LogP contribution in [0.3, 0.4) is 0 Å². The van der Waals surface area contributed by atoms with Gasteiger partial charge in [-0.2, -0.15) is 0 Å². The highest BCUT2D eigenvalue weighted by Crippen LogP contribution is 2.17. The zero-order valence-corrected chi connectivity index (χ0v) is 6.17. The summed E-state index contributed by atoms with van der Waals surface area (Å²) in [6, 6.07) is 8.15. The van der Waals surface area contributed by atoms with E-state index < -0.39 is 0 Å². The fourth-order valence-electron chi connectivity index (χ4n) is 1.25. The Kier molecular flexibility index (Phi) is 1.52. The first-order valence-electron chi connectivity index (χ1n) is 3.70. The summed E-state index contributed by atoms with van der Waals surface area (Å²) in [6.07, 6.45) is -0.107. The van der Waals surface area contributed by atoms with Gasteiger partial charge in [0.2, 0.25) is 0 Å². The van der Waals surface area contributed by atoms with Crippen molar-refractivity contribution in [2.24, 2.45) is 5.73 Å². The third-order valence-electron chi connectivity index (χ3n) is 1.84. The lowest BCUT2D eigenvalue weighted by Crippen LogP contribution is -2.46. The SMILES string of the molecule is NC1NCc2ccccc2N1. The van der Waals surface area contributed by atoms with Crippen molar-refractivity contribution in [3.63, 3.8) is 0 Å². The third kappa shape index (κ3) is 1.20. The van der Waals surface area contributed by atoms with Gasteiger partial charge in [-0.3, -0.25) is 11.1 Å². The maximum atomic E-state index is 5.63. The molecule has 1 aliphatic heterocycles. The van der Waals surface area contributed by atoms with Crippen LogP contribution in [0.2, 0.25) is 0 Å². The molecule has 1 aliphatic rings. The molecule has 0 spiro atoms. The summed E-state index contributed by atoms with van der Waals surface area (Å²) >= 11 is 0. The molecule has 3 nitrogen and oxygen atoms in total. The fraction of sp³-hybridized carbons (Fsp3) is 0.250. The lowest BCUT2D eigenvalue weighted by molar-refractivity contribution is 0.559. The molecule has 0 fully saturated rings. The molecule has 3 heteroatoms. The van der Waals surface area contributed by atoms with Crippen molar-refractivity contribution in [3.8, 4) is 0 Å². The molecule has 0 bridgehead atoms. The highest BCUT2D eigenvalue weighted by atomic mass is 15.2. The van der Waals surface area contributed by atoms with E-state index in [4.69, 9.17) is 5.73 Å². The number of benzene rings is 1. The first-order valence-corrected chi connectivity index (χ1v) is 3.70. The maximum Gasteiger partial charge on any atom is 0.130 e. The number of nitrogens with one attached hydrogen (secondary N) is 2. The number of fused-ring (bicyclic) bond motifs is 1. The van der Waals surface area contributed by atoms with Crippen molar-refractivity contribution in [2.45, 2.75) is 12.8 Å². The molecule has 0 aromatic heterocycles. The Labute approximate surface area is 65.6 Å². The topological polar surface area (TPSA) is 50.1 Å². The fourth-order valence-corrected chi connectivity index (χ4v) is 1.25. The number of para-hydroxylation sites is 1. The maximum absolute atomic E-state index is 5.63. The van der Waals surface area contributed by atoms with Crippen molar-refractivity contribution >= 4 is 5.69 Å². The van der Waals surface area contributed by atoms with Crippen LogP contribution in [0.15, 0.2) is 24.3 Å². The summed E-state index contributed by atoms with van der Waals surface area (Å²) < 4.78 is 0. The minimum Gasteiger partial charge on any atom is -0.358 e. The lowest BCUT2D eigenvalue weighted by atomic mass is 10.1. The average molecular weight is 149 g/mol. The van der Waals surface area contributed by atoms with Gasteiger partial charge in [-0.1, -0.05) is 18.2 Å². The van der Waals surface area contributed by atoms with Crippen molar-refractivity contribution in [1.82, 2.24) is 5.32 Å². The predicted octanol–water partition coefficient (Wildman–Crippen LogP) is 0.444. The van der Waals surface area contributed by atoms with Gasteiger partial charge in [-0.25, -0.2) is 0 Å². The van der Waals surface area contributed by atoms with Gasteiger partial charge in [-0.15, -0.1) is 0 Å². The number of hydrogen-bond donors (Lipinski definition) is 3. The van der Waals surface area contributed by atoms with E-state index in [9.17, 15) is 0 Å². The highest BCUT2D eigenvalue weighted by Gasteiger charge is 2.10. The largest absolute Gasteiger partial charge is 0.358 e. The summed E-state index contributed by atoms with van der Waals surface area (Å²) in [5, 5.41) is 6.23. The number of hydrogen-bond acceptors (Lipinski definition) is 3. The van der Waals surface area contributed by atoms with Crippen LogP contribution in [0.4, 0.5) is 5.69 Å². The molecule has 0 aliphatic carbocycles. The minimum absolute atomic E-state index is 0.107. The molecule has 1 heterocycles. The Bertz CT molecular complexity index is 259. The zero-order valence-electron chi connectivity index (χ0n) is 6.17. The second-order valence-corrected chi connectivity index (χ2v) is 2.66. The molecular weight excluding hydrogens is 138 g/mol. The van der Waals surface area contributed by atoms with E-state index in [1.54, 1.807) is 0 Å². The quantitative estimate of drug-likeness (QED) is 0.502. The molecule has 0 radical (unpaired) electrons. The van der Waals surface area contributed by atoms with Gasteiger partial charge in [0.1, 0.15) is 6.29 Å². The molecule has 2 rings (SSSR count). The monoisotopic (exact) mass is 149 g/mol. The van der Waals surface area contributed by atoms with E-state index in [-0.39, 0.29) is 6.29 Å².